The van der Waals surface area contributed by atoms with Crippen molar-refractivity contribution < 1.29 is 32.5 Å². The molecular weight excluding hydrogens is 401 g/mol. The number of aryl methyl sites for hydroxylation is 1. The van der Waals surface area contributed by atoms with Gasteiger partial charge in [0.05, 0.1) is 23.8 Å². The molecule has 0 radical (unpaired) electrons. The number of alkyl carbamates (subject to hydrolysis) is 1. The SMILES string of the molecule is Cc1ccc(COC2CN(C(C)(O)[C@H](C)C[C@@]3(C)COC(=O)N3)C2)cc1C(F)(F)F. The van der Waals surface area contributed by atoms with Crippen LogP contribution in [0.4, 0.5) is 18.0 Å². The van der Waals surface area contributed by atoms with Crippen molar-refractivity contribution >= 4 is 6.09 Å². The van der Waals surface area contributed by atoms with Crippen LogP contribution >= 0.6 is 0 Å². The second-order valence-electron chi connectivity index (χ2n) is 8.95. The van der Waals surface area contributed by atoms with Crippen molar-refractivity contribution in [2.45, 2.75) is 64.3 Å². The van der Waals surface area contributed by atoms with Gasteiger partial charge in [0.15, 0.2) is 0 Å². The number of carbonyl (C=O) groups is 1. The van der Waals surface area contributed by atoms with Crippen LogP contribution in [-0.4, -0.2) is 53.2 Å². The van der Waals surface area contributed by atoms with E-state index < -0.39 is 29.1 Å². The van der Waals surface area contributed by atoms with Gasteiger partial charge in [0, 0.05) is 19.0 Å². The molecule has 1 amide bonds. The predicted octanol–water partition coefficient (Wildman–Crippen LogP) is 3.45. The first-order chi connectivity index (χ1) is 13.8. The maximum Gasteiger partial charge on any atom is 0.416 e. The minimum atomic E-state index is -4.39. The fraction of sp³-hybridized carbons (Fsp3) is 0.667. The number of halogens is 3. The van der Waals surface area contributed by atoms with Crippen LogP contribution in [0.3, 0.4) is 0 Å². The highest BCUT2D eigenvalue weighted by atomic mass is 19.4. The zero-order valence-corrected chi connectivity index (χ0v) is 17.7. The minimum absolute atomic E-state index is 0.0843. The Hall–Kier alpha value is -1.84. The molecule has 0 aromatic heterocycles. The molecule has 2 fully saturated rings. The van der Waals surface area contributed by atoms with Crippen molar-refractivity contribution in [3.05, 3.63) is 34.9 Å². The minimum Gasteiger partial charge on any atom is -0.447 e. The molecule has 1 unspecified atom stereocenters. The van der Waals surface area contributed by atoms with Gasteiger partial charge in [-0.3, -0.25) is 4.90 Å². The highest BCUT2D eigenvalue weighted by Gasteiger charge is 2.46. The summed E-state index contributed by atoms with van der Waals surface area (Å²) in [5, 5.41) is 13.8. The zero-order valence-electron chi connectivity index (χ0n) is 17.7. The van der Waals surface area contributed by atoms with Gasteiger partial charge >= 0.3 is 12.3 Å². The van der Waals surface area contributed by atoms with Crippen molar-refractivity contribution in [2.75, 3.05) is 19.7 Å². The Labute approximate surface area is 174 Å². The number of amides is 1. The Balaban J connectivity index is 1.50. The number of benzene rings is 1. The summed E-state index contributed by atoms with van der Waals surface area (Å²) < 4.78 is 49.9. The monoisotopic (exact) mass is 430 g/mol. The molecule has 3 atom stereocenters. The second kappa shape index (κ2) is 8.01. The molecule has 9 heteroatoms. The van der Waals surface area contributed by atoms with Crippen LogP contribution in [-0.2, 0) is 22.3 Å². The van der Waals surface area contributed by atoms with Crippen LogP contribution in [0.5, 0.6) is 0 Å². The number of rotatable bonds is 7. The summed E-state index contributed by atoms with van der Waals surface area (Å²) >= 11 is 0. The third-order valence-electron chi connectivity index (χ3n) is 6.20. The van der Waals surface area contributed by atoms with E-state index in [0.717, 1.165) is 6.07 Å². The van der Waals surface area contributed by atoms with Gasteiger partial charge in [-0.2, -0.15) is 13.2 Å². The molecule has 2 aliphatic rings. The smallest absolute Gasteiger partial charge is 0.416 e. The lowest BCUT2D eigenvalue weighted by molar-refractivity contribution is -0.205. The first-order valence-electron chi connectivity index (χ1n) is 10.0. The van der Waals surface area contributed by atoms with Crippen LogP contribution in [0.1, 0.15) is 43.9 Å². The van der Waals surface area contributed by atoms with Crippen molar-refractivity contribution in [3.8, 4) is 0 Å². The van der Waals surface area contributed by atoms with Crippen LogP contribution in [0.2, 0.25) is 0 Å². The summed E-state index contributed by atoms with van der Waals surface area (Å²) in [7, 11) is 0. The van der Waals surface area contributed by atoms with E-state index in [1.54, 1.807) is 13.0 Å². The lowest BCUT2D eigenvalue weighted by atomic mass is 9.83. The van der Waals surface area contributed by atoms with Crippen molar-refractivity contribution in [1.82, 2.24) is 10.2 Å². The van der Waals surface area contributed by atoms with Gasteiger partial charge in [-0.15, -0.1) is 0 Å². The zero-order chi connectivity index (χ0) is 22.3. The van der Waals surface area contributed by atoms with E-state index in [0.29, 0.717) is 25.1 Å². The molecular formula is C21H29F3N2O4. The number of nitrogens with one attached hydrogen (secondary N) is 1. The first-order valence-corrected chi connectivity index (χ1v) is 10.0. The van der Waals surface area contributed by atoms with E-state index in [-0.39, 0.29) is 30.8 Å². The number of cyclic esters (lactones) is 1. The maximum absolute atomic E-state index is 13.1. The molecule has 3 rings (SSSR count). The fourth-order valence-corrected chi connectivity index (χ4v) is 4.03. The predicted molar refractivity (Wildman–Crippen MR) is 104 cm³/mol. The molecule has 2 saturated heterocycles. The molecule has 2 aliphatic heterocycles. The first kappa shape index (κ1) is 22.8. The van der Waals surface area contributed by atoms with E-state index >= 15 is 0 Å². The molecule has 2 heterocycles. The molecule has 1 aromatic carbocycles. The lowest BCUT2D eigenvalue weighted by Gasteiger charge is -2.50. The molecule has 168 valence electrons. The molecule has 6 nitrogen and oxygen atoms in total. The average Bonchev–Trinajstić information content (AvgIpc) is 2.92. The summed E-state index contributed by atoms with van der Waals surface area (Å²) in [6, 6.07) is 4.22. The number of carbonyl (C=O) groups excluding carboxylic acids is 1. The van der Waals surface area contributed by atoms with Gasteiger partial charge in [0.25, 0.3) is 0 Å². The molecule has 1 aromatic rings. The van der Waals surface area contributed by atoms with Crippen molar-refractivity contribution in [2.24, 2.45) is 5.92 Å². The van der Waals surface area contributed by atoms with Crippen molar-refractivity contribution in [3.63, 3.8) is 0 Å². The number of aliphatic hydroxyl groups is 1. The summed E-state index contributed by atoms with van der Waals surface area (Å²) in [6.45, 7) is 8.26. The Morgan fingerprint density at radius 2 is 2.07 bits per heavy atom. The number of nitrogens with zero attached hydrogens (tertiary/aromatic N) is 1. The molecule has 0 spiro atoms. The van der Waals surface area contributed by atoms with E-state index in [2.05, 4.69) is 5.32 Å². The van der Waals surface area contributed by atoms with Gasteiger partial charge in [-0.05, 0) is 44.4 Å². The number of alkyl halides is 3. The molecule has 0 bridgehead atoms. The Morgan fingerprint density at radius 1 is 1.40 bits per heavy atom. The van der Waals surface area contributed by atoms with Gasteiger partial charge in [0.2, 0.25) is 0 Å². The number of ether oxygens (including phenoxy) is 2. The Kier molecular flexibility index (Phi) is 6.10. The van der Waals surface area contributed by atoms with Gasteiger partial charge in [-0.1, -0.05) is 19.1 Å². The second-order valence-corrected chi connectivity index (χ2v) is 8.95. The maximum atomic E-state index is 13.1. The number of likely N-dealkylation sites (tertiary alicyclic amines) is 1. The van der Waals surface area contributed by atoms with Crippen molar-refractivity contribution in [1.29, 1.82) is 0 Å². The van der Waals surface area contributed by atoms with E-state index in [1.807, 2.05) is 18.7 Å². The Bertz CT molecular complexity index is 793. The standard InChI is InChI=1S/C21H29F3N2O4/c1-13-5-6-15(7-17(13)21(22,23)24)11-29-16-9-26(10-16)20(4,28)14(2)8-19(3)12-30-18(27)25-19/h5-7,14,16,28H,8-12H2,1-4H3,(H,25,27)/t14-,19+,20?/m1/s1. The third kappa shape index (κ3) is 4.90. The summed E-state index contributed by atoms with van der Waals surface area (Å²) in [6.07, 6.45) is -4.46. The normalized spacial score (nSPS) is 25.9. The average molecular weight is 430 g/mol. The van der Waals surface area contributed by atoms with Gasteiger partial charge in [-0.25, -0.2) is 4.79 Å². The molecule has 0 aliphatic carbocycles. The lowest BCUT2D eigenvalue weighted by Crippen LogP contribution is -2.65. The van der Waals surface area contributed by atoms with Crippen LogP contribution in [0.15, 0.2) is 18.2 Å². The highest BCUT2D eigenvalue weighted by Crippen LogP contribution is 2.35. The number of hydrogen-bond acceptors (Lipinski definition) is 5. The third-order valence-corrected chi connectivity index (χ3v) is 6.20. The van der Waals surface area contributed by atoms with Crippen LogP contribution in [0.25, 0.3) is 0 Å². The fourth-order valence-electron chi connectivity index (χ4n) is 4.03. The topological polar surface area (TPSA) is 71.0 Å². The summed E-state index contributed by atoms with van der Waals surface area (Å²) in [5.74, 6) is -0.156. The number of hydrogen-bond donors (Lipinski definition) is 2. The summed E-state index contributed by atoms with van der Waals surface area (Å²) in [5.41, 5.74) is -1.63. The van der Waals surface area contributed by atoms with Gasteiger partial charge < -0.3 is 19.9 Å². The van der Waals surface area contributed by atoms with E-state index in [1.165, 1.54) is 13.0 Å². The van der Waals surface area contributed by atoms with Crippen LogP contribution < -0.4 is 5.32 Å². The van der Waals surface area contributed by atoms with E-state index in [9.17, 15) is 23.1 Å². The molecule has 0 saturated carbocycles. The van der Waals surface area contributed by atoms with E-state index in [4.69, 9.17) is 9.47 Å². The molecule has 2 N–H and O–H groups in total. The van der Waals surface area contributed by atoms with Crippen LogP contribution in [0, 0.1) is 12.8 Å². The summed E-state index contributed by atoms with van der Waals surface area (Å²) in [4.78, 5) is 13.2. The largest absolute Gasteiger partial charge is 0.447 e. The molecule has 30 heavy (non-hydrogen) atoms. The highest BCUT2D eigenvalue weighted by molar-refractivity contribution is 5.70. The Morgan fingerprint density at radius 3 is 2.63 bits per heavy atom. The quantitative estimate of drug-likeness (QED) is 0.694. The van der Waals surface area contributed by atoms with Gasteiger partial charge in [0.1, 0.15) is 12.3 Å².